The topological polar surface area (TPSA) is 45.5 Å². The molecule has 7 heteroatoms. The summed E-state index contributed by atoms with van der Waals surface area (Å²) in [4.78, 5) is 4.14. The summed E-state index contributed by atoms with van der Waals surface area (Å²) in [6.45, 7) is 1.18. The number of aromatic nitrogens is 2. The van der Waals surface area contributed by atoms with Gasteiger partial charge in [-0.05, 0) is 35.4 Å². The summed E-state index contributed by atoms with van der Waals surface area (Å²) < 4.78 is 21.5. The molecule has 0 radical (unpaired) electrons. The fourth-order valence-corrected chi connectivity index (χ4v) is 4.76. The Labute approximate surface area is 206 Å². The molecule has 3 aromatic carbocycles. The van der Waals surface area contributed by atoms with E-state index in [2.05, 4.69) is 45.2 Å². The first-order chi connectivity index (χ1) is 16.1. The van der Waals surface area contributed by atoms with Gasteiger partial charge in [0.2, 0.25) is 5.79 Å². The highest BCUT2D eigenvalue weighted by Gasteiger charge is 2.45. The van der Waals surface area contributed by atoms with Crippen LogP contribution in [0.25, 0.3) is 11.1 Å². The number of halogens is 2. The summed E-state index contributed by atoms with van der Waals surface area (Å²) in [7, 11) is 0. The summed E-state index contributed by atoms with van der Waals surface area (Å²) in [5.41, 5.74) is 3.09. The van der Waals surface area contributed by atoms with Gasteiger partial charge in [0.1, 0.15) is 18.5 Å². The van der Waals surface area contributed by atoms with Gasteiger partial charge in [-0.1, -0.05) is 76.1 Å². The number of ether oxygens (including phenoxy) is 3. The molecule has 168 valence electrons. The molecule has 0 amide bonds. The van der Waals surface area contributed by atoms with E-state index in [-0.39, 0.29) is 6.10 Å². The molecule has 2 heterocycles. The van der Waals surface area contributed by atoms with Crippen molar-refractivity contribution >= 4 is 27.5 Å². The molecule has 0 saturated carbocycles. The quantitative estimate of drug-likeness (QED) is 0.283. The fourth-order valence-electron chi connectivity index (χ4n) is 3.94. The van der Waals surface area contributed by atoms with Gasteiger partial charge in [-0.2, -0.15) is 0 Å². The minimum absolute atomic E-state index is 0.248. The van der Waals surface area contributed by atoms with Crippen molar-refractivity contribution in [3.63, 3.8) is 0 Å². The largest absolute Gasteiger partial charge is 0.491 e. The van der Waals surface area contributed by atoms with Crippen molar-refractivity contribution in [3.05, 3.63) is 107 Å². The van der Waals surface area contributed by atoms with E-state index in [4.69, 9.17) is 25.8 Å². The summed E-state index contributed by atoms with van der Waals surface area (Å²) in [5.74, 6) is -0.240. The highest BCUT2D eigenvalue weighted by Crippen LogP contribution is 2.40. The van der Waals surface area contributed by atoms with E-state index >= 15 is 0 Å². The second-order valence-electron chi connectivity index (χ2n) is 7.86. The average Bonchev–Trinajstić information content (AvgIpc) is 3.49. The molecule has 1 fully saturated rings. The van der Waals surface area contributed by atoms with Crippen LogP contribution in [0.3, 0.4) is 0 Å². The van der Waals surface area contributed by atoms with Gasteiger partial charge >= 0.3 is 0 Å². The molecule has 4 aromatic rings. The van der Waals surface area contributed by atoms with Crippen LogP contribution in [0.5, 0.6) is 5.75 Å². The summed E-state index contributed by atoms with van der Waals surface area (Å²) in [6, 6.07) is 24.0. The van der Waals surface area contributed by atoms with Gasteiger partial charge in [-0.25, -0.2) is 4.98 Å². The predicted octanol–water partition coefficient (Wildman–Crippen LogP) is 6.31. The molecule has 1 saturated heterocycles. The van der Waals surface area contributed by atoms with E-state index in [0.717, 1.165) is 21.3 Å². The molecule has 5 rings (SSSR count). The standard InChI is InChI=1S/C26H22BrClN2O3/c27-21-8-11-24(25(28)14-21)26(17-30-13-12-29-18-30)32-16-23(33-26)15-31-22-9-6-20(7-10-22)19-4-2-1-3-5-19/h1-14,18,23H,15-17H2/t23-,26-/m1/s1. The summed E-state index contributed by atoms with van der Waals surface area (Å²) >= 11 is 10.0. The van der Waals surface area contributed by atoms with Crippen LogP contribution in [0, 0.1) is 0 Å². The molecule has 0 unspecified atom stereocenters. The Hall–Kier alpha value is -2.64. The van der Waals surface area contributed by atoms with Crippen LogP contribution in [-0.2, 0) is 21.8 Å². The maximum absolute atomic E-state index is 6.58. The van der Waals surface area contributed by atoms with Gasteiger partial charge in [-0.15, -0.1) is 0 Å². The third kappa shape index (κ3) is 4.99. The SMILES string of the molecule is Clc1cc(Br)ccc1[C@]1(Cn2ccnc2)OC[C@@H](COc2ccc(-c3ccccc3)cc2)O1. The van der Waals surface area contributed by atoms with Gasteiger partial charge < -0.3 is 18.8 Å². The first-order valence-corrected chi connectivity index (χ1v) is 11.8. The van der Waals surface area contributed by atoms with Crippen molar-refractivity contribution in [1.29, 1.82) is 0 Å². The third-order valence-electron chi connectivity index (χ3n) is 5.55. The lowest BCUT2D eigenvalue weighted by molar-refractivity contribution is -0.189. The van der Waals surface area contributed by atoms with Gasteiger partial charge in [0.15, 0.2) is 0 Å². The van der Waals surface area contributed by atoms with Crippen molar-refractivity contribution in [2.75, 3.05) is 13.2 Å². The zero-order valence-corrected chi connectivity index (χ0v) is 20.1. The maximum Gasteiger partial charge on any atom is 0.215 e. The van der Waals surface area contributed by atoms with Gasteiger partial charge in [0.25, 0.3) is 0 Å². The smallest absolute Gasteiger partial charge is 0.215 e. The molecule has 0 aliphatic carbocycles. The van der Waals surface area contributed by atoms with Gasteiger partial charge in [-0.3, -0.25) is 0 Å². The van der Waals surface area contributed by atoms with E-state index in [0.29, 0.717) is 24.8 Å². The second kappa shape index (κ2) is 9.69. The zero-order chi connectivity index (χ0) is 22.7. The number of nitrogens with zero attached hydrogens (tertiary/aromatic N) is 2. The fraction of sp³-hybridized carbons (Fsp3) is 0.192. The molecule has 2 atom stereocenters. The Morgan fingerprint density at radius 2 is 1.85 bits per heavy atom. The minimum Gasteiger partial charge on any atom is -0.491 e. The van der Waals surface area contributed by atoms with Crippen molar-refractivity contribution in [1.82, 2.24) is 9.55 Å². The van der Waals surface area contributed by atoms with E-state index in [1.807, 2.05) is 59.3 Å². The average molecular weight is 526 g/mol. The second-order valence-corrected chi connectivity index (χ2v) is 9.19. The van der Waals surface area contributed by atoms with E-state index in [9.17, 15) is 0 Å². The van der Waals surface area contributed by atoms with Crippen molar-refractivity contribution < 1.29 is 14.2 Å². The van der Waals surface area contributed by atoms with Crippen LogP contribution in [-0.4, -0.2) is 28.9 Å². The molecule has 1 aliphatic rings. The van der Waals surface area contributed by atoms with Crippen LogP contribution in [0.15, 0.2) is 96.0 Å². The van der Waals surface area contributed by atoms with E-state index in [1.165, 1.54) is 5.56 Å². The first-order valence-electron chi connectivity index (χ1n) is 10.6. The van der Waals surface area contributed by atoms with Crippen LogP contribution in [0.1, 0.15) is 5.56 Å². The Kier molecular flexibility index (Phi) is 6.51. The lowest BCUT2D eigenvalue weighted by atomic mass is 10.1. The lowest BCUT2D eigenvalue weighted by Crippen LogP contribution is -2.34. The lowest BCUT2D eigenvalue weighted by Gasteiger charge is -2.30. The maximum atomic E-state index is 6.58. The van der Waals surface area contributed by atoms with Crippen LogP contribution in [0.4, 0.5) is 0 Å². The van der Waals surface area contributed by atoms with Gasteiger partial charge in [0, 0.05) is 22.4 Å². The molecule has 33 heavy (non-hydrogen) atoms. The van der Waals surface area contributed by atoms with E-state index < -0.39 is 5.79 Å². The van der Waals surface area contributed by atoms with Crippen molar-refractivity contribution in [2.45, 2.75) is 18.4 Å². The Balaban J connectivity index is 1.29. The molecule has 0 spiro atoms. The molecule has 1 aliphatic heterocycles. The first kappa shape index (κ1) is 22.2. The summed E-state index contributed by atoms with van der Waals surface area (Å²) in [6.07, 6.45) is 5.09. The third-order valence-corrected chi connectivity index (χ3v) is 6.35. The number of benzene rings is 3. The normalized spacial score (nSPS) is 20.1. The molecule has 0 bridgehead atoms. The van der Waals surface area contributed by atoms with Crippen molar-refractivity contribution in [2.24, 2.45) is 0 Å². The molecule has 1 aromatic heterocycles. The Bertz CT molecular complexity index is 1200. The Morgan fingerprint density at radius 3 is 2.58 bits per heavy atom. The summed E-state index contributed by atoms with van der Waals surface area (Å²) in [5, 5.41) is 0.572. The van der Waals surface area contributed by atoms with Gasteiger partial charge in [0.05, 0.1) is 24.5 Å². The molecular formula is C26H22BrClN2O3. The van der Waals surface area contributed by atoms with Crippen molar-refractivity contribution in [3.8, 4) is 16.9 Å². The van der Waals surface area contributed by atoms with Crippen LogP contribution < -0.4 is 4.74 Å². The number of hydrogen-bond acceptors (Lipinski definition) is 4. The predicted molar refractivity (Wildman–Crippen MR) is 131 cm³/mol. The number of hydrogen-bond donors (Lipinski definition) is 0. The zero-order valence-electron chi connectivity index (χ0n) is 17.7. The monoisotopic (exact) mass is 524 g/mol. The molecular weight excluding hydrogens is 504 g/mol. The molecule has 0 N–H and O–H groups in total. The van der Waals surface area contributed by atoms with Crippen LogP contribution >= 0.6 is 27.5 Å². The van der Waals surface area contributed by atoms with E-state index in [1.54, 1.807) is 12.5 Å². The Morgan fingerprint density at radius 1 is 1.06 bits per heavy atom. The van der Waals surface area contributed by atoms with Crippen LogP contribution in [0.2, 0.25) is 5.02 Å². The highest BCUT2D eigenvalue weighted by molar-refractivity contribution is 9.10. The molecule has 5 nitrogen and oxygen atoms in total. The number of imidazole rings is 1. The highest BCUT2D eigenvalue weighted by atomic mass is 79.9. The number of rotatable bonds is 7. The minimum atomic E-state index is -1.02.